The normalized spacial score (nSPS) is 14.6. The van der Waals surface area contributed by atoms with Crippen molar-refractivity contribution in [2.45, 2.75) is 18.9 Å². The molecule has 0 radical (unpaired) electrons. The van der Waals surface area contributed by atoms with Crippen LogP contribution in [-0.4, -0.2) is 59.4 Å². The van der Waals surface area contributed by atoms with Gasteiger partial charge >= 0.3 is 6.03 Å². The highest BCUT2D eigenvalue weighted by Gasteiger charge is 2.26. The lowest BCUT2D eigenvalue weighted by molar-refractivity contribution is -0.118. The summed E-state index contributed by atoms with van der Waals surface area (Å²) in [4.78, 5) is 27.5. The number of rotatable bonds is 7. The maximum absolute atomic E-state index is 13.1. The average Bonchev–Trinajstić information content (AvgIpc) is 3.27. The third-order valence-corrected chi connectivity index (χ3v) is 5.93. The molecule has 2 heterocycles. The molecule has 1 fully saturated rings. The summed E-state index contributed by atoms with van der Waals surface area (Å²) in [5.74, 6) is -0.321. The second-order valence-corrected chi connectivity index (χ2v) is 8.51. The lowest BCUT2D eigenvalue weighted by Gasteiger charge is -2.29. The summed E-state index contributed by atoms with van der Waals surface area (Å²) in [7, 11) is 0. The standard InChI is InChI=1S/C23H25N5O3S/c29-21(25-22-27-26-20(32-22)16-18-9-5-2-6-10-18)19(15-17-7-3-1-4-8-17)24-23(30)28-11-13-31-14-12-28/h1-10,19H,11-16H2,(H,24,30)(H,25,27,29). The Balaban J connectivity index is 1.42. The molecule has 32 heavy (non-hydrogen) atoms. The van der Waals surface area contributed by atoms with Gasteiger partial charge in [0.05, 0.1) is 13.2 Å². The fraction of sp³-hybridized carbons (Fsp3) is 0.304. The van der Waals surface area contributed by atoms with E-state index in [1.807, 2.05) is 60.7 Å². The number of hydrogen-bond acceptors (Lipinski definition) is 6. The van der Waals surface area contributed by atoms with Gasteiger partial charge in [0.25, 0.3) is 0 Å². The van der Waals surface area contributed by atoms with E-state index in [1.54, 1.807) is 4.90 Å². The number of morpholine rings is 1. The predicted octanol–water partition coefficient (Wildman–Crippen LogP) is 2.72. The Bertz CT molecular complexity index is 1020. The van der Waals surface area contributed by atoms with E-state index >= 15 is 0 Å². The molecule has 4 rings (SSSR count). The molecule has 2 N–H and O–H groups in total. The van der Waals surface area contributed by atoms with Gasteiger partial charge in [0.2, 0.25) is 11.0 Å². The van der Waals surface area contributed by atoms with Crippen molar-refractivity contribution in [2.75, 3.05) is 31.6 Å². The second kappa shape index (κ2) is 10.8. The highest BCUT2D eigenvalue weighted by molar-refractivity contribution is 7.15. The third kappa shape index (κ3) is 6.12. The van der Waals surface area contributed by atoms with Crippen LogP contribution >= 0.6 is 11.3 Å². The average molecular weight is 452 g/mol. The Labute approximate surface area is 190 Å². The Morgan fingerprint density at radius 3 is 2.31 bits per heavy atom. The number of urea groups is 1. The molecule has 1 aliphatic rings. The van der Waals surface area contributed by atoms with Crippen molar-refractivity contribution in [2.24, 2.45) is 0 Å². The van der Waals surface area contributed by atoms with Gasteiger partial charge in [-0.25, -0.2) is 4.79 Å². The molecule has 1 aromatic heterocycles. The SMILES string of the molecule is O=C(Nc1nnc(Cc2ccccc2)s1)C(Cc1ccccc1)NC(=O)N1CCOCC1. The van der Waals surface area contributed by atoms with Gasteiger partial charge in [-0.1, -0.05) is 72.0 Å². The molecular weight excluding hydrogens is 426 g/mol. The number of amides is 3. The van der Waals surface area contributed by atoms with Gasteiger partial charge in [-0.05, 0) is 11.1 Å². The fourth-order valence-corrected chi connectivity index (χ4v) is 4.18. The minimum atomic E-state index is -0.741. The Morgan fingerprint density at radius 1 is 0.969 bits per heavy atom. The summed E-state index contributed by atoms with van der Waals surface area (Å²) in [5.41, 5.74) is 2.08. The number of benzene rings is 2. The van der Waals surface area contributed by atoms with Gasteiger partial charge in [-0.3, -0.25) is 10.1 Å². The van der Waals surface area contributed by atoms with E-state index in [4.69, 9.17) is 4.74 Å². The van der Waals surface area contributed by atoms with Crippen molar-refractivity contribution in [3.63, 3.8) is 0 Å². The molecule has 0 saturated carbocycles. The summed E-state index contributed by atoms with van der Waals surface area (Å²) in [5, 5.41) is 15.2. The number of aromatic nitrogens is 2. The highest BCUT2D eigenvalue weighted by Crippen LogP contribution is 2.19. The van der Waals surface area contributed by atoms with E-state index in [-0.39, 0.29) is 11.9 Å². The van der Waals surface area contributed by atoms with Gasteiger partial charge in [-0.15, -0.1) is 10.2 Å². The number of anilines is 1. The highest BCUT2D eigenvalue weighted by atomic mass is 32.1. The molecule has 1 saturated heterocycles. The Morgan fingerprint density at radius 2 is 1.62 bits per heavy atom. The minimum Gasteiger partial charge on any atom is -0.378 e. The maximum Gasteiger partial charge on any atom is 0.318 e. The maximum atomic E-state index is 13.1. The molecule has 166 valence electrons. The number of hydrogen-bond donors (Lipinski definition) is 2. The van der Waals surface area contributed by atoms with Crippen molar-refractivity contribution in [1.29, 1.82) is 0 Å². The lowest BCUT2D eigenvalue weighted by atomic mass is 10.1. The smallest absolute Gasteiger partial charge is 0.318 e. The molecule has 3 amide bonds. The number of carbonyl (C=O) groups is 2. The van der Waals surface area contributed by atoms with Crippen LogP contribution in [0, 0.1) is 0 Å². The monoisotopic (exact) mass is 451 g/mol. The molecule has 0 spiro atoms. The molecule has 1 unspecified atom stereocenters. The van der Waals surface area contributed by atoms with E-state index in [0.717, 1.165) is 16.1 Å². The molecular formula is C23H25N5O3S. The van der Waals surface area contributed by atoms with Crippen molar-refractivity contribution >= 4 is 28.4 Å². The van der Waals surface area contributed by atoms with Crippen molar-refractivity contribution in [1.82, 2.24) is 20.4 Å². The number of carbonyl (C=O) groups excluding carboxylic acids is 2. The lowest BCUT2D eigenvalue weighted by Crippen LogP contribution is -2.53. The van der Waals surface area contributed by atoms with Gasteiger partial charge in [0.1, 0.15) is 11.0 Å². The zero-order valence-corrected chi connectivity index (χ0v) is 18.4. The molecule has 1 atom stereocenters. The van der Waals surface area contributed by atoms with Crippen LogP contribution in [0.15, 0.2) is 60.7 Å². The quantitative estimate of drug-likeness (QED) is 0.576. The molecule has 2 aromatic carbocycles. The first-order valence-electron chi connectivity index (χ1n) is 10.5. The molecule has 9 heteroatoms. The molecule has 1 aliphatic heterocycles. The minimum absolute atomic E-state index is 0.272. The van der Waals surface area contributed by atoms with Crippen LogP contribution in [0.25, 0.3) is 0 Å². The van der Waals surface area contributed by atoms with E-state index < -0.39 is 6.04 Å². The van der Waals surface area contributed by atoms with Crippen LogP contribution in [0.3, 0.4) is 0 Å². The van der Waals surface area contributed by atoms with Gasteiger partial charge < -0.3 is 15.0 Å². The molecule has 3 aromatic rings. The van der Waals surface area contributed by atoms with Crippen LogP contribution in [0.2, 0.25) is 0 Å². The predicted molar refractivity (Wildman–Crippen MR) is 123 cm³/mol. The summed E-state index contributed by atoms with van der Waals surface area (Å²) in [6.45, 7) is 2.01. The summed E-state index contributed by atoms with van der Waals surface area (Å²) >= 11 is 1.33. The van der Waals surface area contributed by atoms with Crippen LogP contribution in [0.4, 0.5) is 9.93 Å². The van der Waals surface area contributed by atoms with E-state index in [1.165, 1.54) is 11.3 Å². The molecule has 0 bridgehead atoms. The largest absolute Gasteiger partial charge is 0.378 e. The first-order valence-corrected chi connectivity index (χ1v) is 11.3. The zero-order valence-electron chi connectivity index (χ0n) is 17.6. The summed E-state index contributed by atoms with van der Waals surface area (Å²) in [6, 6.07) is 18.6. The van der Waals surface area contributed by atoms with Crippen LogP contribution in [0.5, 0.6) is 0 Å². The zero-order chi connectivity index (χ0) is 22.2. The second-order valence-electron chi connectivity index (χ2n) is 7.44. The third-order valence-electron chi connectivity index (χ3n) is 5.09. The Kier molecular flexibility index (Phi) is 7.42. The number of ether oxygens (including phenoxy) is 1. The van der Waals surface area contributed by atoms with Crippen molar-refractivity contribution in [3.05, 3.63) is 76.8 Å². The Hall–Kier alpha value is -3.30. The first kappa shape index (κ1) is 21.9. The van der Waals surface area contributed by atoms with Gasteiger partial charge in [0, 0.05) is 25.9 Å². The topological polar surface area (TPSA) is 96.4 Å². The van der Waals surface area contributed by atoms with Crippen LogP contribution in [-0.2, 0) is 22.4 Å². The number of nitrogens with one attached hydrogen (secondary N) is 2. The first-order chi connectivity index (χ1) is 15.7. The molecule has 0 aliphatic carbocycles. The summed E-state index contributed by atoms with van der Waals surface area (Å²) < 4.78 is 5.31. The molecule has 8 nitrogen and oxygen atoms in total. The van der Waals surface area contributed by atoms with Crippen molar-refractivity contribution in [3.8, 4) is 0 Å². The van der Waals surface area contributed by atoms with Gasteiger partial charge in [-0.2, -0.15) is 0 Å². The van der Waals surface area contributed by atoms with E-state index in [9.17, 15) is 9.59 Å². The fourth-order valence-electron chi connectivity index (χ4n) is 3.40. The van der Waals surface area contributed by atoms with E-state index in [0.29, 0.717) is 44.3 Å². The van der Waals surface area contributed by atoms with Crippen LogP contribution < -0.4 is 10.6 Å². The summed E-state index contributed by atoms with van der Waals surface area (Å²) in [6.07, 6.45) is 1.02. The van der Waals surface area contributed by atoms with Crippen molar-refractivity contribution < 1.29 is 14.3 Å². The van der Waals surface area contributed by atoms with Gasteiger partial charge in [0.15, 0.2) is 0 Å². The number of nitrogens with zero attached hydrogens (tertiary/aromatic N) is 3. The van der Waals surface area contributed by atoms with E-state index in [2.05, 4.69) is 20.8 Å². The van der Waals surface area contributed by atoms with Crippen LogP contribution in [0.1, 0.15) is 16.1 Å².